The number of carbonyl (C=O) groups is 1. The van der Waals surface area contributed by atoms with Gasteiger partial charge in [-0.1, -0.05) is 6.92 Å². The molecule has 4 nitrogen and oxygen atoms in total. The number of anilines is 2. The van der Waals surface area contributed by atoms with Crippen molar-refractivity contribution in [2.75, 3.05) is 30.9 Å². The van der Waals surface area contributed by atoms with E-state index < -0.39 is 0 Å². The van der Waals surface area contributed by atoms with Crippen molar-refractivity contribution in [1.29, 1.82) is 0 Å². The number of hydrogen-bond acceptors (Lipinski definition) is 3. The number of carbonyl (C=O) groups excluding carboxylic acids is 1. The van der Waals surface area contributed by atoms with E-state index in [1.807, 2.05) is 14.0 Å². The summed E-state index contributed by atoms with van der Waals surface area (Å²) in [7, 11) is 3.73. The van der Waals surface area contributed by atoms with Gasteiger partial charge in [-0.3, -0.25) is 4.79 Å². The van der Waals surface area contributed by atoms with E-state index in [1.54, 1.807) is 7.05 Å². The van der Waals surface area contributed by atoms with Gasteiger partial charge in [0.25, 0.3) is 0 Å². The van der Waals surface area contributed by atoms with Crippen LogP contribution in [0.15, 0.2) is 18.2 Å². The Morgan fingerprint density at radius 1 is 1.55 bits per heavy atom. The molecule has 0 aliphatic carbocycles. The molecule has 0 radical (unpaired) electrons. The highest BCUT2D eigenvalue weighted by Crippen LogP contribution is 2.28. The third-order valence-electron chi connectivity index (χ3n) is 4.02. The lowest BCUT2D eigenvalue weighted by Crippen LogP contribution is -2.34. The van der Waals surface area contributed by atoms with E-state index in [0.717, 1.165) is 13.0 Å². The lowest BCUT2D eigenvalue weighted by Gasteiger charge is -2.27. The van der Waals surface area contributed by atoms with Crippen molar-refractivity contribution in [3.05, 3.63) is 23.8 Å². The molecule has 2 N–H and O–H groups in total. The van der Waals surface area contributed by atoms with Gasteiger partial charge in [-0.2, -0.15) is 0 Å². The smallest absolute Gasteiger partial charge is 0.224 e. The van der Waals surface area contributed by atoms with Crippen LogP contribution in [0.1, 0.15) is 25.8 Å². The van der Waals surface area contributed by atoms with Gasteiger partial charge >= 0.3 is 0 Å². The Morgan fingerprint density at radius 3 is 3.00 bits per heavy atom. The Balaban J connectivity index is 2.07. The topological polar surface area (TPSA) is 44.4 Å². The zero-order valence-electron chi connectivity index (χ0n) is 12.9. The van der Waals surface area contributed by atoms with E-state index in [2.05, 4.69) is 40.7 Å². The lowest BCUT2D eigenvalue weighted by atomic mass is 9.98. The summed E-state index contributed by atoms with van der Waals surface area (Å²) in [5.74, 6) is 0.0736. The number of amides is 1. The molecule has 20 heavy (non-hydrogen) atoms. The van der Waals surface area contributed by atoms with Crippen molar-refractivity contribution in [3.8, 4) is 0 Å². The molecule has 1 aliphatic rings. The van der Waals surface area contributed by atoms with E-state index >= 15 is 0 Å². The van der Waals surface area contributed by atoms with Gasteiger partial charge in [0, 0.05) is 38.1 Å². The molecule has 2 rings (SSSR count). The predicted molar refractivity (Wildman–Crippen MR) is 84.3 cm³/mol. The highest BCUT2D eigenvalue weighted by atomic mass is 16.1. The summed E-state index contributed by atoms with van der Waals surface area (Å²) in [5.41, 5.74) is 3.80. The molecule has 110 valence electrons. The number of nitrogens with one attached hydrogen (secondary N) is 2. The Hall–Kier alpha value is -1.71. The molecule has 0 bridgehead atoms. The van der Waals surface area contributed by atoms with E-state index in [1.165, 1.54) is 23.4 Å². The lowest BCUT2D eigenvalue weighted by molar-refractivity contribution is -0.123. The Labute approximate surface area is 121 Å². The zero-order chi connectivity index (χ0) is 14.7. The van der Waals surface area contributed by atoms with Gasteiger partial charge in [0.15, 0.2) is 0 Å². The van der Waals surface area contributed by atoms with Crippen LogP contribution in [0.25, 0.3) is 0 Å². The van der Waals surface area contributed by atoms with Gasteiger partial charge in [0.05, 0.1) is 5.92 Å². The maximum atomic E-state index is 11.6. The summed E-state index contributed by atoms with van der Waals surface area (Å²) in [6.07, 6.45) is 2.30. The largest absolute Gasteiger partial charge is 0.382 e. The van der Waals surface area contributed by atoms with Crippen LogP contribution in [-0.2, 0) is 11.2 Å². The molecule has 1 heterocycles. The molecule has 2 unspecified atom stereocenters. The minimum Gasteiger partial charge on any atom is -0.382 e. The first-order valence-corrected chi connectivity index (χ1v) is 7.33. The summed E-state index contributed by atoms with van der Waals surface area (Å²) in [4.78, 5) is 13.8. The fourth-order valence-electron chi connectivity index (χ4n) is 2.72. The standard InChI is InChI=1S/C16H25N3O/c1-11(16(20)17-3)10-19(4)14-7-8-15-13(9-14)6-5-12(2)18-15/h7-9,11-12,18H,5-6,10H2,1-4H3,(H,17,20). The van der Waals surface area contributed by atoms with Gasteiger partial charge in [0.1, 0.15) is 0 Å². The van der Waals surface area contributed by atoms with Crippen molar-refractivity contribution >= 4 is 17.3 Å². The van der Waals surface area contributed by atoms with E-state index in [0.29, 0.717) is 6.04 Å². The van der Waals surface area contributed by atoms with E-state index in [-0.39, 0.29) is 11.8 Å². The van der Waals surface area contributed by atoms with Gasteiger partial charge in [-0.15, -0.1) is 0 Å². The number of rotatable bonds is 4. The fraction of sp³-hybridized carbons (Fsp3) is 0.562. The van der Waals surface area contributed by atoms with Crippen LogP contribution in [0, 0.1) is 5.92 Å². The minimum absolute atomic E-state index is 0.0146. The number of fused-ring (bicyclic) bond motifs is 1. The molecule has 2 atom stereocenters. The van der Waals surface area contributed by atoms with Gasteiger partial charge in [-0.05, 0) is 43.5 Å². The van der Waals surface area contributed by atoms with Crippen molar-refractivity contribution < 1.29 is 4.79 Å². The maximum absolute atomic E-state index is 11.6. The van der Waals surface area contributed by atoms with Gasteiger partial charge in [-0.25, -0.2) is 0 Å². The highest BCUT2D eigenvalue weighted by Gasteiger charge is 2.17. The van der Waals surface area contributed by atoms with E-state index in [4.69, 9.17) is 0 Å². The van der Waals surface area contributed by atoms with Gasteiger partial charge < -0.3 is 15.5 Å². The Morgan fingerprint density at radius 2 is 2.30 bits per heavy atom. The van der Waals surface area contributed by atoms with Crippen molar-refractivity contribution in [2.24, 2.45) is 5.92 Å². The third-order valence-corrected chi connectivity index (χ3v) is 4.02. The van der Waals surface area contributed by atoms with Crippen molar-refractivity contribution in [3.63, 3.8) is 0 Å². The molecule has 0 spiro atoms. The van der Waals surface area contributed by atoms with Crippen LogP contribution in [-0.4, -0.2) is 32.6 Å². The number of nitrogens with zero attached hydrogens (tertiary/aromatic N) is 1. The monoisotopic (exact) mass is 275 g/mol. The summed E-state index contributed by atoms with van der Waals surface area (Å²) in [6, 6.07) is 7.08. The third kappa shape index (κ3) is 3.24. The second-order valence-corrected chi connectivity index (χ2v) is 5.82. The molecule has 1 aromatic rings. The summed E-state index contributed by atoms with van der Waals surface area (Å²) < 4.78 is 0. The number of aryl methyl sites for hydroxylation is 1. The summed E-state index contributed by atoms with van der Waals surface area (Å²) in [6.45, 7) is 4.90. The SMILES string of the molecule is CNC(=O)C(C)CN(C)c1ccc2c(c1)CCC(C)N2. The molecule has 0 saturated heterocycles. The molecular formula is C16H25N3O. The molecule has 4 heteroatoms. The molecule has 1 amide bonds. The van der Waals surface area contributed by atoms with Crippen LogP contribution in [0.4, 0.5) is 11.4 Å². The molecular weight excluding hydrogens is 250 g/mol. The van der Waals surface area contributed by atoms with Crippen LogP contribution >= 0.6 is 0 Å². The second kappa shape index (κ2) is 6.16. The Kier molecular flexibility index (Phi) is 4.53. The predicted octanol–water partition coefficient (Wildman–Crippen LogP) is 2.25. The summed E-state index contributed by atoms with van der Waals surface area (Å²) >= 11 is 0. The quantitative estimate of drug-likeness (QED) is 0.886. The maximum Gasteiger partial charge on any atom is 0.224 e. The van der Waals surface area contributed by atoms with Gasteiger partial charge in [0.2, 0.25) is 5.91 Å². The first kappa shape index (κ1) is 14.7. The number of hydrogen-bond donors (Lipinski definition) is 2. The first-order valence-electron chi connectivity index (χ1n) is 7.33. The molecule has 0 saturated carbocycles. The van der Waals surface area contributed by atoms with E-state index in [9.17, 15) is 4.79 Å². The average Bonchev–Trinajstić information content (AvgIpc) is 2.45. The first-order chi connectivity index (χ1) is 9.51. The summed E-state index contributed by atoms with van der Waals surface area (Å²) in [5, 5.41) is 6.21. The van der Waals surface area contributed by atoms with Crippen molar-refractivity contribution in [1.82, 2.24) is 5.32 Å². The molecule has 0 aromatic heterocycles. The van der Waals surface area contributed by atoms with Crippen LogP contribution in [0.5, 0.6) is 0 Å². The minimum atomic E-state index is -0.0146. The highest BCUT2D eigenvalue weighted by molar-refractivity contribution is 5.78. The van der Waals surface area contributed by atoms with Crippen LogP contribution in [0.2, 0.25) is 0 Å². The zero-order valence-corrected chi connectivity index (χ0v) is 12.9. The fourth-order valence-corrected chi connectivity index (χ4v) is 2.72. The molecule has 1 aromatic carbocycles. The van der Waals surface area contributed by atoms with Crippen LogP contribution < -0.4 is 15.5 Å². The Bertz CT molecular complexity index is 487. The van der Waals surface area contributed by atoms with Crippen LogP contribution in [0.3, 0.4) is 0 Å². The second-order valence-electron chi connectivity index (χ2n) is 5.82. The molecule has 0 fully saturated rings. The molecule has 1 aliphatic heterocycles. The average molecular weight is 275 g/mol. The normalized spacial score (nSPS) is 18.7. The number of benzene rings is 1. The van der Waals surface area contributed by atoms with Crippen molar-refractivity contribution in [2.45, 2.75) is 32.7 Å².